The van der Waals surface area contributed by atoms with Crippen molar-refractivity contribution in [2.45, 2.75) is 0 Å². The summed E-state index contributed by atoms with van der Waals surface area (Å²) in [5, 5.41) is 5.78. The van der Waals surface area contributed by atoms with Crippen LogP contribution in [0, 0.1) is 5.82 Å². The summed E-state index contributed by atoms with van der Waals surface area (Å²) in [6, 6.07) is 22.8. The first-order valence-corrected chi connectivity index (χ1v) is 12.4. The molecule has 1 aromatic heterocycles. The number of ether oxygens (including phenoxy) is 2. The number of benzene rings is 3. The number of anilines is 3. The van der Waals surface area contributed by atoms with E-state index in [9.17, 15) is 9.18 Å². The molecule has 1 aliphatic heterocycles. The number of carbonyl (C=O) groups excluding carboxylic acids is 1. The monoisotopic (exact) mass is 513 g/mol. The second-order valence-electron chi connectivity index (χ2n) is 8.73. The van der Waals surface area contributed by atoms with Crippen molar-refractivity contribution >= 4 is 23.2 Å². The SMILES string of the molecule is O=C(Nc1cc(OCCN2CCOCC2)ccc1F)c1ccc(Nc2nccc(-c3ccccc3)n2)cc1. The van der Waals surface area contributed by atoms with Gasteiger partial charge in [-0.2, -0.15) is 0 Å². The fourth-order valence-corrected chi connectivity index (χ4v) is 4.02. The predicted molar refractivity (Wildman–Crippen MR) is 144 cm³/mol. The molecule has 1 aliphatic rings. The number of morpholine rings is 1. The maximum absolute atomic E-state index is 14.4. The van der Waals surface area contributed by atoms with Crippen LogP contribution in [0.1, 0.15) is 10.4 Å². The Morgan fingerprint density at radius 2 is 1.79 bits per heavy atom. The molecule has 0 atom stereocenters. The minimum absolute atomic E-state index is 0.0622. The van der Waals surface area contributed by atoms with E-state index in [0.717, 1.165) is 44.1 Å². The van der Waals surface area contributed by atoms with E-state index < -0.39 is 11.7 Å². The van der Waals surface area contributed by atoms with Gasteiger partial charge in [0.25, 0.3) is 5.91 Å². The Balaban J connectivity index is 1.18. The topological polar surface area (TPSA) is 88.6 Å². The quantitative estimate of drug-likeness (QED) is 0.326. The van der Waals surface area contributed by atoms with Crippen LogP contribution in [-0.2, 0) is 4.74 Å². The van der Waals surface area contributed by atoms with Gasteiger partial charge in [-0.25, -0.2) is 14.4 Å². The van der Waals surface area contributed by atoms with Crippen molar-refractivity contribution in [2.75, 3.05) is 50.1 Å². The molecule has 0 radical (unpaired) electrons. The minimum atomic E-state index is -0.535. The van der Waals surface area contributed by atoms with E-state index in [4.69, 9.17) is 9.47 Å². The number of nitrogens with one attached hydrogen (secondary N) is 2. The van der Waals surface area contributed by atoms with Crippen LogP contribution in [-0.4, -0.2) is 60.2 Å². The molecule has 0 saturated carbocycles. The van der Waals surface area contributed by atoms with Crippen molar-refractivity contribution in [3.05, 3.63) is 96.4 Å². The lowest BCUT2D eigenvalue weighted by molar-refractivity contribution is 0.0322. The predicted octanol–water partition coefficient (Wildman–Crippen LogP) is 4.99. The lowest BCUT2D eigenvalue weighted by Crippen LogP contribution is -2.38. The number of hydrogen-bond donors (Lipinski definition) is 2. The number of nitrogens with zero attached hydrogens (tertiary/aromatic N) is 3. The molecule has 4 aromatic rings. The number of aromatic nitrogens is 2. The lowest BCUT2D eigenvalue weighted by Gasteiger charge is -2.26. The van der Waals surface area contributed by atoms with Crippen molar-refractivity contribution in [1.82, 2.24) is 14.9 Å². The number of halogens is 1. The van der Waals surface area contributed by atoms with Crippen molar-refractivity contribution in [2.24, 2.45) is 0 Å². The Hall–Kier alpha value is -4.34. The molecule has 1 fully saturated rings. The zero-order valence-electron chi connectivity index (χ0n) is 20.8. The Morgan fingerprint density at radius 1 is 1.00 bits per heavy atom. The van der Waals surface area contributed by atoms with Gasteiger partial charge >= 0.3 is 0 Å². The van der Waals surface area contributed by atoms with Crippen molar-refractivity contribution in [1.29, 1.82) is 0 Å². The molecule has 38 heavy (non-hydrogen) atoms. The van der Waals surface area contributed by atoms with E-state index in [0.29, 0.717) is 29.6 Å². The van der Waals surface area contributed by atoms with Gasteiger partial charge in [0.05, 0.1) is 24.6 Å². The minimum Gasteiger partial charge on any atom is -0.492 e. The number of rotatable bonds is 9. The van der Waals surface area contributed by atoms with E-state index in [2.05, 4.69) is 25.5 Å². The zero-order chi connectivity index (χ0) is 26.2. The van der Waals surface area contributed by atoms with E-state index in [-0.39, 0.29) is 5.69 Å². The van der Waals surface area contributed by atoms with Crippen molar-refractivity contribution in [3.63, 3.8) is 0 Å². The van der Waals surface area contributed by atoms with Crippen LogP contribution in [0.15, 0.2) is 85.1 Å². The van der Waals surface area contributed by atoms with Crippen LogP contribution in [0.4, 0.5) is 21.7 Å². The van der Waals surface area contributed by atoms with Gasteiger partial charge in [-0.05, 0) is 42.5 Å². The summed E-state index contributed by atoms with van der Waals surface area (Å²) in [4.78, 5) is 23.9. The van der Waals surface area contributed by atoms with Crippen LogP contribution in [0.5, 0.6) is 5.75 Å². The highest BCUT2D eigenvalue weighted by molar-refractivity contribution is 6.04. The molecule has 1 amide bonds. The summed E-state index contributed by atoms with van der Waals surface area (Å²) >= 11 is 0. The van der Waals surface area contributed by atoms with Gasteiger partial charge in [0.15, 0.2) is 0 Å². The molecule has 2 N–H and O–H groups in total. The normalized spacial score (nSPS) is 13.6. The van der Waals surface area contributed by atoms with Crippen LogP contribution < -0.4 is 15.4 Å². The molecule has 1 saturated heterocycles. The molecule has 0 aliphatic carbocycles. The third kappa shape index (κ3) is 6.70. The molecule has 194 valence electrons. The third-order valence-electron chi connectivity index (χ3n) is 6.09. The smallest absolute Gasteiger partial charge is 0.255 e. The van der Waals surface area contributed by atoms with Crippen LogP contribution >= 0.6 is 0 Å². The average Bonchev–Trinajstić information content (AvgIpc) is 2.96. The zero-order valence-corrected chi connectivity index (χ0v) is 20.8. The maximum atomic E-state index is 14.4. The van der Waals surface area contributed by atoms with Gasteiger partial charge in [0.1, 0.15) is 18.2 Å². The number of carbonyl (C=O) groups is 1. The molecular weight excluding hydrogens is 485 g/mol. The summed E-state index contributed by atoms with van der Waals surface area (Å²) in [6.07, 6.45) is 1.69. The van der Waals surface area contributed by atoms with Gasteiger partial charge in [0.2, 0.25) is 5.95 Å². The fraction of sp³-hybridized carbons (Fsp3) is 0.207. The molecule has 8 nitrogen and oxygen atoms in total. The van der Waals surface area contributed by atoms with Crippen molar-refractivity contribution in [3.8, 4) is 17.0 Å². The molecule has 5 rings (SSSR count). The summed E-state index contributed by atoms with van der Waals surface area (Å²) in [6.45, 7) is 4.40. The second kappa shape index (κ2) is 12.3. The Kier molecular flexibility index (Phi) is 8.17. The number of amides is 1. The van der Waals surface area contributed by atoms with Crippen molar-refractivity contribution < 1.29 is 18.7 Å². The largest absolute Gasteiger partial charge is 0.492 e. The van der Waals surface area contributed by atoms with Gasteiger partial charge in [0, 0.05) is 48.7 Å². The Morgan fingerprint density at radius 3 is 2.58 bits per heavy atom. The third-order valence-corrected chi connectivity index (χ3v) is 6.09. The highest BCUT2D eigenvalue weighted by Gasteiger charge is 2.13. The highest BCUT2D eigenvalue weighted by Crippen LogP contribution is 2.23. The summed E-state index contributed by atoms with van der Waals surface area (Å²) in [5.41, 5.74) is 2.95. The highest BCUT2D eigenvalue weighted by atomic mass is 19.1. The van der Waals surface area contributed by atoms with E-state index in [1.807, 2.05) is 36.4 Å². The van der Waals surface area contributed by atoms with Crippen LogP contribution in [0.2, 0.25) is 0 Å². The summed E-state index contributed by atoms with van der Waals surface area (Å²) < 4.78 is 25.5. The first kappa shape index (κ1) is 25.3. The molecule has 0 unspecified atom stereocenters. The molecule has 2 heterocycles. The van der Waals surface area contributed by atoms with Gasteiger partial charge in [-0.15, -0.1) is 0 Å². The molecular formula is C29H28FN5O3. The molecule has 9 heteroatoms. The average molecular weight is 514 g/mol. The Labute approximate surface area is 220 Å². The molecule has 0 bridgehead atoms. The number of hydrogen-bond acceptors (Lipinski definition) is 7. The second-order valence-corrected chi connectivity index (χ2v) is 8.73. The first-order chi connectivity index (χ1) is 18.6. The lowest BCUT2D eigenvalue weighted by atomic mass is 10.1. The van der Waals surface area contributed by atoms with E-state index >= 15 is 0 Å². The summed E-state index contributed by atoms with van der Waals surface area (Å²) in [5.74, 6) is -0.0286. The fourth-order valence-electron chi connectivity index (χ4n) is 4.02. The maximum Gasteiger partial charge on any atom is 0.255 e. The van der Waals surface area contributed by atoms with Gasteiger partial charge < -0.3 is 20.1 Å². The molecule has 0 spiro atoms. The first-order valence-electron chi connectivity index (χ1n) is 12.4. The van der Waals surface area contributed by atoms with E-state index in [1.165, 1.54) is 12.1 Å². The molecule has 3 aromatic carbocycles. The van der Waals surface area contributed by atoms with Gasteiger partial charge in [-0.3, -0.25) is 9.69 Å². The van der Waals surface area contributed by atoms with E-state index in [1.54, 1.807) is 36.5 Å². The van der Waals surface area contributed by atoms with Gasteiger partial charge in [-0.1, -0.05) is 30.3 Å². The van der Waals surface area contributed by atoms with Crippen LogP contribution in [0.25, 0.3) is 11.3 Å². The Bertz CT molecular complexity index is 1360. The summed E-state index contributed by atoms with van der Waals surface area (Å²) in [7, 11) is 0. The van der Waals surface area contributed by atoms with Crippen LogP contribution in [0.3, 0.4) is 0 Å². The standard InChI is InChI=1S/C29H28FN5O3/c30-25-11-10-24(38-19-16-35-14-17-37-18-15-35)20-27(25)33-28(36)22-6-8-23(9-7-22)32-29-31-13-12-26(34-29)21-4-2-1-3-5-21/h1-13,20H,14-19H2,(H,33,36)(H,31,32,34).